The van der Waals surface area contributed by atoms with Crippen molar-refractivity contribution in [2.45, 2.75) is 77.4 Å². The lowest BCUT2D eigenvalue weighted by atomic mass is 9.89. The first-order valence-corrected chi connectivity index (χ1v) is 9.31. The molecular formula is C20H30N2O3. The number of hydrogen-bond acceptors (Lipinski definition) is 3. The number of nitrogens with one attached hydrogen (secondary N) is 2. The summed E-state index contributed by atoms with van der Waals surface area (Å²) in [4.78, 5) is 23.8. The van der Waals surface area contributed by atoms with E-state index in [2.05, 4.69) is 10.6 Å². The van der Waals surface area contributed by atoms with Gasteiger partial charge in [-0.25, -0.2) is 0 Å². The standard InChI is InChI=1S/C20H30N2O3/c1-4-10-20(25,11-5-2)13-19(24)21-14(3)15-6-8-17-16(12-15)7-9-18(23)22-17/h6,8,12,14,25H,4-5,7,9-11,13H2,1-3H3,(H,21,24)(H,22,23). The van der Waals surface area contributed by atoms with Gasteiger partial charge in [-0.05, 0) is 43.4 Å². The Morgan fingerprint density at radius 1 is 1.28 bits per heavy atom. The summed E-state index contributed by atoms with van der Waals surface area (Å²) in [5.74, 6) is -0.0735. The molecule has 1 aromatic rings. The Morgan fingerprint density at radius 3 is 2.60 bits per heavy atom. The number of aliphatic hydroxyl groups is 1. The van der Waals surface area contributed by atoms with Crippen molar-refractivity contribution in [1.82, 2.24) is 5.32 Å². The van der Waals surface area contributed by atoms with Gasteiger partial charge < -0.3 is 15.7 Å². The first-order valence-electron chi connectivity index (χ1n) is 9.31. The van der Waals surface area contributed by atoms with E-state index in [0.29, 0.717) is 19.3 Å². The third-order valence-electron chi connectivity index (χ3n) is 4.82. The molecule has 0 spiro atoms. The van der Waals surface area contributed by atoms with Crippen LogP contribution in [0.5, 0.6) is 0 Å². The number of amides is 2. The fourth-order valence-corrected chi connectivity index (χ4v) is 3.58. The number of hydrogen-bond donors (Lipinski definition) is 3. The molecule has 2 amide bonds. The smallest absolute Gasteiger partial charge is 0.224 e. The number of aryl methyl sites for hydroxylation is 1. The minimum absolute atomic E-state index is 0.0488. The van der Waals surface area contributed by atoms with Crippen molar-refractivity contribution in [3.63, 3.8) is 0 Å². The zero-order valence-electron chi connectivity index (χ0n) is 15.5. The third kappa shape index (κ3) is 5.30. The highest BCUT2D eigenvalue weighted by molar-refractivity contribution is 5.93. The van der Waals surface area contributed by atoms with E-state index in [9.17, 15) is 14.7 Å². The van der Waals surface area contributed by atoms with Crippen LogP contribution in [-0.2, 0) is 16.0 Å². The molecule has 0 saturated heterocycles. The first kappa shape index (κ1) is 19.4. The highest BCUT2D eigenvalue weighted by atomic mass is 16.3. The number of rotatable bonds is 8. The van der Waals surface area contributed by atoms with Gasteiger partial charge in [0.25, 0.3) is 0 Å². The second kappa shape index (κ2) is 8.48. The van der Waals surface area contributed by atoms with Crippen LogP contribution in [0.2, 0.25) is 0 Å². The van der Waals surface area contributed by atoms with Gasteiger partial charge in [0.05, 0.1) is 18.1 Å². The molecule has 0 aliphatic carbocycles. The van der Waals surface area contributed by atoms with Gasteiger partial charge in [-0.3, -0.25) is 9.59 Å². The second-order valence-corrected chi connectivity index (χ2v) is 7.16. The fourth-order valence-electron chi connectivity index (χ4n) is 3.58. The lowest BCUT2D eigenvalue weighted by molar-refractivity contribution is -0.127. The van der Waals surface area contributed by atoms with Crippen LogP contribution >= 0.6 is 0 Å². The number of carbonyl (C=O) groups is 2. The number of fused-ring (bicyclic) bond motifs is 1. The molecule has 5 heteroatoms. The van der Waals surface area contributed by atoms with Gasteiger partial charge in [0.2, 0.25) is 11.8 Å². The minimum atomic E-state index is -0.909. The molecule has 0 saturated carbocycles. The predicted molar refractivity (Wildman–Crippen MR) is 99.3 cm³/mol. The molecule has 138 valence electrons. The summed E-state index contributed by atoms with van der Waals surface area (Å²) < 4.78 is 0. The maximum Gasteiger partial charge on any atom is 0.224 e. The number of anilines is 1. The molecule has 1 aliphatic rings. The molecule has 2 rings (SSSR count). The van der Waals surface area contributed by atoms with Gasteiger partial charge in [0.1, 0.15) is 0 Å². The third-order valence-corrected chi connectivity index (χ3v) is 4.82. The minimum Gasteiger partial charge on any atom is -0.389 e. The van der Waals surface area contributed by atoms with Gasteiger partial charge in [0, 0.05) is 12.1 Å². The largest absolute Gasteiger partial charge is 0.389 e. The normalized spacial score (nSPS) is 15.3. The monoisotopic (exact) mass is 346 g/mol. The molecule has 1 aromatic carbocycles. The summed E-state index contributed by atoms with van der Waals surface area (Å²) in [5.41, 5.74) is 2.07. The lowest BCUT2D eigenvalue weighted by Gasteiger charge is -2.28. The summed E-state index contributed by atoms with van der Waals surface area (Å²) in [6, 6.07) is 5.74. The van der Waals surface area contributed by atoms with Crippen molar-refractivity contribution < 1.29 is 14.7 Å². The van der Waals surface area contributed by atoms with E-state index in [-0.39, 0.29) is 24.3 Å². The van der Waals surface area contributed by atoms with Crippen LogP contribution in [0.3, 0.4) is 0 Å². The Balaban J connectivity index is 2.00. The topological polar surface area (TPSA) is 78.4 Å². The summed E-state index contributed by atoms with van der Waals surface area (Å²) in [6.45, 7) is 5.99. The van der Waals surface area contributed by atoms with Crippen LogP contribution < -0.4 is 10.6 Å². The van der Waals surface area contributed by atoms with Crippen LogP contribution in [0.1, 0.15) is 76.5 Å². The van der Waals surface area contributed by atoms with Crippen molar-refractivity contribution in [2.75, 3.05) is 5.32 Å². The highest BCUT2D eigenvalue weighted by Crippen LogP contribution is 2.27. The Kier molecular flexibility index (Phi) is 6.59. The molecule has 1 aliphatic heterocycles. The van der Waals surface area contributed by atoms with Crippen LogP contribution in [0.4, 0.5) is 5.69 Å². The van der Waals surface area contributed by atoms with Gasteiger partial charge in [0.15, 0.2) is 0 Å². The maximum absolute atomic E-state index is 12.4. The average Bonchev–Trinajstić information content (AvgIpc) is 2.54. The van der Waals surface area contributed by atoms with E-state index in [4.69, 9.17) is 0 Å². The van der Waals surface area contributed by atoms with Crippen LogP contribution in [0.25, 0.3) is 0 Å². The Morgan fingerprint density at radius 2 is 1.96 bits per heavy atom. The summed E-state index contributed by atoms with van der Waals surface area (Å²) in [6.07, 6.45) is 4.36. The van der Waals surface area contributed by atoms with Crippen LogP contribution in [-0.4, -0.2) is 22.5 Å². The molecule has 3 N–H and O–H groups in total. The fraction of sp³-hybridized carbons (Fsp3) is 0.600. The zero-order valence-corrected chi connectivity index (χ0v) is 15.5. The van der Waals surface area contributed by atoms with Crippen molar-refractivity contribution in [2.24, 2.45) is 0 Å². The average molecular weight is 346 g/mol. The van der Waals surface area contributed by atoms with Crippen molar-refractivity contribution in [3.05, 3.63) is 29.3 Å². The first-order chi connectivity index (χ1) is 11.9. The summed E-state index contributed by atoms with van der Waals surface area (Å²) >= 11 is 0. The Labute approximate surface area is 150 Å². The van der Waals surface area contributed by atoms with E-state index in [1.165, 1.54) is 0 Å². The zero-order chi connectivity index (χ0) is 18.4. The summed E-state index contributed by atoms with van der Waals surface area (Å²) in [5, 5.41) is 16.5. The van der Waals surface area contributed by atoms with Gasteiger partial charge in [-0.1, -0.05) is 38.8 Å². The highest BCUT2D eigenvalue weighted by Gasteiger charge is 2.28. The molecule has 5 nitrogen and oxygen atoms in total. The number of benzene rings is 1. The van der Waals surface area contributed by atoms with Gasteiger partial charge in [-0.2, -0.15) is 0 Å². The van der Waals surface area contributed by atoms with Gasteiger partial charge >= 0.3 is 0 Å². The lowest BCUT2D eigenvalue weighted by Crippen LogP contribution is -2.37. The second-order valence-electron chi connectivity index (χ2n) is 7.16. The van der Waals surface area contributed by atoms with Gasteiger partial charge in [-0.15, -0.1) is 0 Å². The van der Waals surface area contributed by atoms with Crippen LogP contribution in [0.15, 0.2) is 18.2 Å². The SMILES string of the molecule is CCCC(O)(CCC)CC(=O)NC(C)c1ccc2c(c1)CCC(=O)N2. The molecule has 1 heterocycles. The molecule has 1 unspecified atom stereocenters. The molecule has 0 radical (unpaired) electrons. The molecular weight excluding hydrogens is 316 g/mol. The number of carbonyl (C=O) groups excluding carboxylic acids is 2. The predicted octanol–water partition coefficient (Wildman–Crippen LogP) is 3.47. The Bertz CT molecular complexity index is 621. The van der Waals surface area contributed by atoms with Crippen molar-refractivity contribution in [3.8, 4) is 0 Å². The molecule has 0 aromatic heterocycles. The van der Waals surface area contributed by atoms with Crippen molar-refractivity contribution in [1.29, 1.82) is 0 Å². The molecule has 0 bridgehead atoms. The molecule has 0 fully saturated rings. The van der Waals surface area contributed by atoms with E-state index in [1.807, 2.05) is 39.0 Å². The summed E-state index contributed by atoms with van der Waals surface area (Å²) in [7, 11) is 0. The van der Waals surface area contributed by atoms with E-state index < -0.39 is 5.60 Å². The molecule has 1 atom stereocenters. The molecule has 25 heavy (non-hydrogen) atoms. The van der Waals surface area contributed by atoms with E-state index in [0.717, 1.165) is 36.1 Å². The van der Waals surface area contributed by atoms with E-state index in [1.54, 1.807) is 0 Å². The van der Waals surface area contributed by atoms with Crippen molar-refractivity contribution >= 4 is 17.5 Å². The maximum atomic E-state index is 12.4. The quantitative estimate of drug-likeness (QED) is 0.674. The van der Waals surface area contributed by atoms with E-state index >= 15 is 0 Å². The van der Waals surface area contributed by atoms with Crippen LogP contribution in [0, 0.1) is 0 Å². The Hall–Kier alpha value is -1.88.